The Morgan fingerprint density at radius 2 is 1.85 bits per heavy atom. The molecule has 0 aromatic heterocycles. The van der Waals surface area contributed by atoms with Gasteiger partial charge >= 0.3 is 0 Å². The zero-order valence-electron chi connectivity index (χ0n) is 15.0. The summed E-state index contributed by atoms with van der Waals surface area (Å²) in [4.78, 5) is 0. The molecule has 4 rings (SSSR count). The van der Waals surface area contributed by atoms with Crippen LogP contribution in [0, 0.1) is 5.92 Å². The summed E-state index contributed by atoms with van der Waals surface area (Å²) in [6.07, 6.45) is 6.15. The fourth-order valence-electron chi connectivity index (χ4n) is 4.21. The van der Waals surface area contributed by atoms with Crippen molar-refractivity contribution < 1.29 is 14.9 Å². The molecule has 2 N–H and O–H groups in total. The van der Waals surface area contributed by atoms with E-state index < -0.39 is 0 Å². The summed E-state index contributed by atoms with van der Waals surface area (Å²) in [5.41, 5.74) is 4.89. The van der Waals surface area contributed by atoms with Crippen LogP contribution in [-0.4, -0.2) is 10.2 Å². The predicted octanol–water partition coefficient (Wildman–Crippen LogP) is 5.23. The first-order valence-electron chi connectivity index (χ1n) is 9.19. The maximum absolute atomic E-state index is 10.2. The molecule has 2 aromatic rings. The quantitative estimate of drug-likeness (QED) is 0.747. The summed E-state index contributed by atoms with van der Waals surface area (Å²) >= 11 is 0. The van der Waals surface area contributed by atoms with Crippen LogP contribution in [0.2, 0.25) is 0 Å². The number of hydrogen-bond acceptors (Lipinski definition) is 3. The highest BCUT2D eigenvalue weighted by molar-refractivity contribution is 5.53. The summed E-state index contributed by atoms with van der Waals surface area (Å²) in [5, 5.41) is 19.6. The van der Waals surface area contributed by atoms with Crippen LogP contribution in [0.15, 0.2) is 60.4 Å². The van der Waals surface area contributed by atoms with E-state index >= 15 is 0 Å². The lowest BCUT2D eigenvalue weighted by Crippen LogP contribution is -2.26. The van der Waals surface area contributed by atoms with Crippen LogP contribution >= 0.6 is 0 Å². The smallest absolute Gasteiger partial charge is 0.134 e. The summed E-state index contributed by atoms with van der Waals surface area (Å²) < 4.78 is 6.01. The van der Waals surface area contributed by atoms with Gasteiger partial charge in [-0.3, -0.25) is 0 Å². The van der Waals surface area contributed by atoms with Crippen molar-refractivity contribution in [3.63, 3.8) is 0 Å². The molecule has 0 radical (unpaired) electrons. The standard InChI is InChI=1S/C23H24O3/c1-14-3-10-20-15(2)26-22-13-19(25)12-17(23(22)21(20)11-14)7-4-16-5-8-18(24)9-6-16/h5-6,8-9,11-13,20-21,24-25H,2-4,7,10H2,1H3/t20-,21+/m0/s1. The van der Waals surface area contributed by atoms with Crippen LogP contribution in [0.5, 0.6) is 17.2 Å². The Bertz CT molecular complexity index is 877. The van der Waals surface area contributed by atoms with Crippen LogP contribution in [0.4, 0.5) is 0 Å². The molecule has 0 amide bonds. The number of phenolic OH excluding ortho intramolecular Hbond substituents is 2. The third-order valence-corrected chi connectivity index (χ3v) is 5.57. The van der Waals surface area contributed by atoms with Gasteiger partial charge in [0.25, 0.3) is 0 Å². The average molecular weight is 348 g/mol. The molecular formula is C23H24O3. The van der Waals surface area contributed by atoms with Gasteiger partial charge in [-0.15, -0.1) is 0 Å². The topological polar surface area (TPSA) is 49.7 Å². The van der Waals surface area contributed by atoms with Crippen molar-refractivity contribution in [2.75, 3.05) is 0 Å². The van der Waals surface area contributed by atoms with Crippen LogP contribution < -0.4 is 4.74 Å². The van der Waals surface area contributed by atoms with E-state index in [9.17, 15) is 10.2 Å². The largest absolute Gasteiger partial charge is 0.508 e. The maximum atomic E-state index is 10.2. The van der Waals surface area contributed by atoms with E-state index in [4.69, 9.17) is 4.74 Å². The molecule has 26 heavy (non-hydrogen) atoms. The fourth-order valence-corrected chi connectivity index (χ4v) is 4.21. The monoisotopic (exact) mass is 348 g/mol. The molecule has 134 valence electrons. The van der Waals surface area contributed by atoms with Crippen molar-refractivity contribution in [1.29, 1.82) is 0 Å². The molecule has 1 aliphatic carbocycles. The van der Waals surface area contributed by atoms with E-state index in [0.29, 0.717) is 5.92 Å². The van der Waals surface area contributed by atoms with Crippen LogP contribution in [0.25, 0.3) is 0 Å². The second-order valence-corrected chi connectivity index (χ2v) is 7.44. The Morgan fingerprint density at radius 1 is 1.08 bits per heavy atom. The van der Waals surface area contributed by atoms with Crippen molar-refractivity contribution in [3.8, 4) is 17.2 Å². The molecule has 0 spiro atoms. The number of benzene rings is 2. The number of phenols is 2. The van der Waals surface area contributed by atoms with Crippen LogP contribution in [-0.2, 0) is 12.8 Å². The molecule has 2 atom stereocenters. The van der Waals surface area contributed by atoms with Gasteiger partial charge in [-0.25, -0.2) is 0 Å². The van der Waals surface area contributed by atoms with Gasteiger partial charge in [-0.1, -0.05) is 30.4 Å². The minimum atomic E-state index is 0.229. The Morgan fingerprint density at radius 3 is 2.62 bits per heavy atom. The van der Waals surface area contributed by atoms with Crippen molar-refractivity contribution >= 4 is 0 Å². The molecule has 0 saturated carbocycles. The molecule has 0 saturated heterocycles. The van der Waals surface area contributed by atoms with E-state index in [1.165, 1.54) is 11.1 Å². The Balaban J connectivity index is 1.71. The first-order chi connectivity index (χ1) is 12.5. The zero-order valence-corrected chi connectivity index (χ0v) is 15.0. The number of rotatable bonds is 3. The van der Waals surface area contributed by atoms with Crippen molar-refractivity contribution in [3.05, 3.63) is 77.1 Å². The number of fused-ring (bicyclic) bond motifs is 3. The lowest BCUT2D eigenvalue weighted by molar-refractivity contribution is 0.278. The lowest BCUT2D eigenvalue weighted by Gasteiger charge is -2.37. The highest BCUT2D eigenvalue weighted by Crippen LogP contribution is 2.50. The van der Waals surface area contributed by atoms with Gasteiger partial charge in [0, 0.05) is 23.5 Å². The van der Waals surface area contributed by atoms with Gasteiger partial charge in [0.1, 0.15) is 23.0 Å². The molecule has 0 bridgehead atoms. The first kappa shape index (κ1) is 16.8. The molecule has 3 nitrogen and oxygen atoms in total. The number of allylic oxidation sites excluding steroid dienone is 3. The van der Waals surface area contributed by atoms with Gasteiger partial charge in [0.15, 0.2) is 0 Å². The van der Waals surface area contributed by atoms with E-state index in [1.807, 2.05) is 18.2 Å². The van der Waals surface area contributed by atoms with E-state index in [0.717, 1.165) is 48.3 Å². The SMILES string of the molecule is C=C1Oc2cc(O)cc(CCc3ccc(O)cc3)c2[C@@H]2C=C(C)CC[C@@H]12. The first-order valence-corrected chi connectivity index (χ1v) is 9.19. The molecule has 2 aliphatic rings. The third kappa shape index (κ3) is 3.10. The van der Waals surface area contributed by atoms with Crippen LogP contribution in [0.1, 0.15) is 42.4 Å². The number of ether oxygens (including phenoxy) is 1. The normalized spacial score (nSPS) is 21.4. The number of hydrogen-bond donors (Lipinski definition) is 2. The summed E-state index contributed by atoms with van der Waals surface area (Å²) in [5.74, 6) is 2.64. The Hall–Kier alpha value is -2.68. The maximum Gasteiger partial charge on any atom is 0.134 e. The molecule has 0 unspecified atom stereocenters. The Kier molecular flexibility index (Phi) is 4.23. The lowest BCUT2D eigenvalue weighted by atomic mass is 9.73. The van der Waals surface area contributed by atoms with E-state index in [1.54, 1.807) is 18.2 Å². The summed E-state index contributed by atoms with van der Waals surface area (Å²) in [7, 11) is 0. The highest BCUT2D eigenvalue weighted by atomic mass is 16.5. The van der Waals surface area contributed by atoms with Gasteiger partial charge < -0.3 is 14.9 Å². The summed E-state index contributed by atoms with van der Waals surface area (Å²) in [6, 6.07) is 10.9. The number of aryl methyl sites for hydroxylation is 2. The second-order valence-electron chi connectivity index (χ2n) is 7.44. The van der Waals surface area contributed by atoms with Gasteiger partial charge in [-0.2, -0.15) is 0 Å². The third-order valence-electron chi connectivity index (χ3n) is 5.57. The molecule has 1 heterocycles. The molecule has 1 aliphatic heterocycles. The van der Waals surface area contributed by atoms with Crippen molar-refractivity contribution in [2.24, 2.45) is 5.92 Å². The molecule has 2 aromatic carbocycles. The molecule has 3 heteroatoms. The highest BCUT2D eigenvalue weighted by Gasteiger charge is 2.36. The van der Waals surface area contributed by atoms with E-state index in [-0.39, 0.29) is 17.4 Å². The van der Waals surface area contributed by atoms with Crippen molar-refractivity contribution in [2.45, 2.75) is 38.5 Å². The fraction of sp³-hybridized carbons (Fsp3) is 0.304. The van der Waals surface area contributed by atoms with Crippen molar-refractivity contribution in [1.82, 2.24) is 0 Å². The van der Waals surface area contributed by atoms with E-state index in [2.05, 4.69) is 19.6 Å². The summed E-state index contributed by atoms with van der Waals surface area (Å²) in [6.45, 7) is 6.31. The average Bonchev–Trinajstić information content (AvgIpc) is 2.60. The second kappa shape index (κ2) is 6.56. The predicted molar refractivity (Wildman–Crippen MR) is 103 cm³/mol. The molecular weight excluding hydrogens is 324 g/mol. The zero-order chi connectivity index (χ0) is 18.3. The number of aromatic hydroxyl groups is 2. The van der Waals surface area contributed by atoms with Crippen LogP contribution in [0.3, 0.4) is 0 Å². The van der Waals surface area contributed by atoms with Gasteiger partial charge in [0.2, 0.25) is 0 Å². The van der Waals surface area contributed by atoms with Gasteiger partial charge in [0.05, 0.1) is 0 Å². The molecule has 0 fully saturated rings. The van der Waals surface area contributed by atoms with Gasteiger partial charge in [-0.05, 0) is 61.9 Å². The Labute approximate surface area is 154 Å². The minimum absolute atomic E-state index is 0.229. The minimum Gasteiger partial charge on any atom is -0.508 e.